The van der Waals surface area contributed by atoms with Crippen molar-refractivity contribution in [2.24, 2.45) is 5.14 Å². The van der Waals surface area contributed by atoms with E-state index in [0.717, 1.165) is 25.3 Å². The van der Waals surface area contributed by atoms with Crippen molar-refractivity contribution in [2.45, 2.75) is 13.3 Å². The van der Waals surface area contributed by atoms with Gasteiger partial charge in [0.25, 0.3) is 16.1 Å². The van der Waals surface area contributed by atoms with Gasteiger partial charge in [0.1, 0.15) is 5.82 Å². The number of carbonyl (C=O) groups excluding carboxylic acids is 1. The summed E-state index contributed by atoms with van der Waals surface area (Å²) in [5.74, 6) is -5.80. The summed E-state index contributed by atoms with van der Waals surface area (Å²) in [5, 5.41) is 7.24. The van der Waals surface area contributed by atoms with E-state index in [1.54, 1.807) is 11.6 Å². The molecule has 8 nitrogen and oxygen atoms in total. The average molecular weight is 512 g/mol. The second-order valence-corrected chi connectivity index (χ2v) is 8.73. The molecule has 0 aliphatic heterocycles. The Balaban J connectivity index is 2.09. The Labute approximate surface area is 198 Å². The summed E-state index contributed by atoms with van der Waals surface area (Å²) in [6.45, 7) is 1.63. The maximum Gasteiger partial charge on any atom is 0.296 e. The van der Waals surface area contributed by atoms with Crippen molar-refractivity contribution in [2.75, 3.05) is 17.1 Å². The van der Waals surface area contributed by atoms with Crippen LogP contribution in [0.3, 0.4) is 0 Å². The molecule has 35 heavy (non-hydrogen) atoms. The number of rotatable bonds is 8. The highest BCUT2D eigenvalue weighted by Gasteiger charge is 2.25. The second-order valence-electron chi connectivity index (χ2n) is 7.43. The van der Waals surface area contributed by atoms with Gasteiger partial charge >= 0.3 is 0 Å². The minimum Gasteiger partial charge on any atom is -0.350 e. The van der Waals surface area contributed by atoms with Gasteiger partial charge < -0.3 is 5.32 Å². The molecule has 13 heteroatoms. The molecule has 0 saturated carbocycles. The monoisotopic (exact) mass is 512 g/mol. The maximum atomic E-state index is 15.1. The van der Waals surface area contributed by atoms with Crippen LogP contribution in [0.1, 0.15) is 27.0 Å². The van der Waals surface area contributed by atoms with E-state index in [9.17, 15) is 22.0 Å². The van der Waals surface area contributed by atoms with Crippen molar-refractivity contribution in [1.82, 2.24) is 5.48 Å². The third kappa shape index (κ3) is 6.07. The topological polar surface area (TPSA) is 123 Å². The third-order valence-electron chi connectivity index (χ3n) is 4.82. The molecule has 0 aromatic heterocycles. The van der Waals surface area contributed by atoms with Crippen molar-refractivity contribution in [3.63, 3.8) is 0 Å². The summed E-state index contributed by atoms with van der Waals surface area (Å²) in [5.41, 5.74) is 0.0296. The van der Waals surface area contributed by atoms with E-state index in [4.69, 9.17) is 5.14 Å². The molecule has 0 atom stereocenters. The molecule has 0 aliphatic rings. The van der Waals surface area contributed by atoms with E-state index in [2.05, 4.69) is 10.2 Å². The lowest BCUT2D eigenvalue weighted by molar-refractivity contribution is 0.0538. The van der Waals surface area contributed by atoms with Crippen LogP contribution in [0.25, 0.3) is 0 Å². The molecule has 3 aromatic rings. The van der Waals surface area contributed by atoms with Crippen LogP contribution in [0.4, 0.5) is 34.6 Å². The molecule has 3 rings (SSSR count). The zero-order valence-electron chi connectivity index (χ0n) is 18.4. The molecular weight excluding hydrogens is 492 g/mol. The number of hydroxylamine groups is 1. The van der Waals surface area contributed by atoms with Gasteiger partial charge in [-0.2, -0.15) is 8.42 Å². The first-order valence-electron chi connectivity index (χ1n) is 9.86. The molecule has 0 aliphatic carbocycles. The van der Waals surface area contributed by atoms with Gasteiger partial charge in [0.05, 0.1) is 29.7 Å². The summed E-state index contributed by atoms with van der Waals surface area (Å²) >= 11 is 0. The van der Waals surface area contributed by atoms with Crippen LogP contribution in [0.15, 0.2) is 42.5 Å². The Morgan fingerprint density at radius 2 is 1.69 bits per heavy atom. The van der Waals surface area contributed by atoms with Gasteiger partial charge in [0, 0.05) is 6.42 Å². The Bertz CT molecular complexity index is 1400. The zero-order valence-corrected chi connectivity index (χ0v) is 19.2. The smallest absolute Gasteiger partial charge is 0.296 e. The van der Waals surface area contributed by atoms with Crippen LogP contribution in [-0.4, -0.2) is 21.4 Å². The summed E-state index contributed by atoms with van der Waals surface area (Å²) in [4.78, 5) is 17.1. The lowest BCUT2D eigenvalue weighted by atomic mass is 9.99. The summed E-state index contributed by atoms with van der Waals surface area (Å²) < 4.78 is 83.5. The van der Waals surface area contributed by atoms with Crippen molar-refractivity contribution >= 4 is 33.2 Å². The van der Waals surface area contributed by atoms with Crippen LogP contribution in [0.2, 0.25) is 0 Å². The third-order valence-corrected chi connectivity index (χ3v) is 5.32. The minimum absolute atomic E-state index is 0.221. The maximum absolute atomic E-state index is 15.1. The normalized spacial score (nSPS) is 11.3. The predicted octanol–water partition coefficient (Wildman–Crippen LogP) is 3.79. The first kappa shape index (κ1) is 25.9. The van der Waals surface area contributed by atoms with Gasteiger partial charge in [-0.25, -0.2) is 28.2 Å². The van der Waals surface area contributed by atoms with E-state index in [-0.39, 0.29) is 11.3 Å². The van der Waals surface area contributed by atoms with Crippen molar-refractivity contribution in [1.29, 1.82) is 0 Å². The standard InChI is InChI=1S/C22H20F4N4O4S/c1-11-6-7-16(15(23)8-11)28-21-14(22(31)29-34-2)10-13(19(25)20(21)26)9-12-4-3-5-17(18(12)24)30-35(27,32)33/h3-8,10,28,30H,9H2,1-2H3,(H,29,31)(H2,27,32,33). The van der Waals surface area contributed by atoms with Gasteiger partial charge in [-0.15, -0.1) is 0 Å². The van der Waals surface area contributed by atoms with Crippen molar-refractivity contribution < 1.29 is 35.6 Å². The summed E-state index contributed by atoms with van der Waals surface area (Å²) in [6.07, 6.45) is -0.568. The Kier molecular flexibility index (Phi) is 7.63. The Morgan fingerprint density at radius 3 is 2.31 bits per heavy atom. The lowest BCUT2D eigenvalue weighted by Crippen LogP contribution is -2.24. The minimum atomic E-state index is -4.30. The molecule has 0 saturated heterocycles. The van der Waals surface area contributed by atoms with Gasteiger partial charge in [-0.3, -0.25) is 14.4 Å². The number of benzene rings is 3. The van der Waals surface area contributed by atoms with Crippen LogP contribution in [-0.2, 0) is 21.5 Å². The predicted molar refractivity (Wildman–Crippen MR) is 121 cm³/mol. The SMILES string of the molecule is CONC(=O)c1cc(Cc2cccc(NS(N)(=O)=O)c2F)c(F)c(F)c1Nc1ccc(C)cc1F. The fourth-order valence-corrected chi connectivity index (χ4v) is 3.73. The molecule has 186 valence electrons. The number of nitrogens with two attached hydrogens (primary N) is 1. The summed E-state index contributed by atoms with van der Waals surface area (Å²) in [6, 6.07) is 8.48. The second kappa shape index (κ2) is 10.3. The molecule has 5 N–H and O–H groups in total. The van der Waals surface area contributed by atoms with Crippen LogP contribution in [0, 0.1) is 30.2 Å². The van der Waals surface area contributed by atoms with Crippen LogP contribution in [0.5, 0.6) is 0 Å². The Morgan fingerprint density at radius 1 is 0.971 bits per heavy atom. The number of amides is 1. The van der Waals surface area contributed by atoms with Gasteiger partial charge in [-0.1, -0.05) is 18.2 Å². The zero-order chi connectivity index (χ0) is 25.9. The highest BCUT2D eigenvalue weighted by Crippen LogP contribution is 2.32. The molecule has 1 amide bonds. The molecule has 0 fully saturated rings. The van der Waals surface area contributed by atoms with Crippen LogP contribution >= 0.6 is 0 Å². The fourth-order valence-electron chi connectivity index (χ4n) is 3.27. The van der Waals surface area contributed by atoms with Crippen molar-refractivity contribution in [3.05, 3.63) is 88.0 Å². The number of hydrogen-bond acceptors (Lipinski definition) is 5. The number of nitrogens with one attached hydrogen (secondary N) is 3. The molecule has 0 bridgehead atoms. The number of aryl methyl sites for hydroxylation is 1. The molecular formula is C22H20F4N4O4S. The van der Waals surface area contributed by atoms with Crippen molar-refractivity contribution in [3.8, 4) is 0 Å². The number of anilines is 3. The number of halogens is 4. The van der Waals surface area contributed by atoms with Gasteiger partial charge in [0.15, 0.2) is 17.5 Å². The molecule has 0 radical (unpaired) electrons. The van der Waals surface area contributed by atoms with E-state index < -0.39 is 68.3 Å². The number of carbonyl (C=O) groups is 1. The first-order chi connectivity index (χ1) is 16.4. The largest absolute Gasteiger partial charge is 0.350 e. The fraction of sp³-hybridized carbons (Fsp3) is 0.136. The van der Waals surface area contributed by atoms with Gasteiger partial charge in [0.2, 0.25) is 0 Å². The van der Waals surface area contributed by atoms with E-state index in [1.165, 1.54) is 24.3 Å². The van der Waals surface area contributed by atoms with E-state index in [1.807, 2.05) is 5.48 Å². The molecule has 0 spiro atoms. The molecule has 0 unspecified atom stereocenters. The van der Waals surface area contributed by atoms with E-state index >= 15 is 8.78 Å². The van der Waals surface area contributed by atoms with E-state index in [0.29, 0.717) is 5.56 Å². The van der Waals surface area contributed by atoms with Gasteiger partial charge in [-0.05, 0) is 47.9 Å². The number of hydrogen-bond donors (Lipinski definition) is 4. The quantitative estimate of drug-likeness (QED) is 0.270. The molecule has 3 aromatic carbocycles. The Hall–Kier alpha value is -3.68. The first-order valence-corrected chi connectivity index (χ1v) is 11.4. The van der Waals surface area contributed by atoms with Crippen LogP contribution < -0.4 is 20.7 Å². The molecule has 0 heterocycles. The summed E-state index contributed by atoms with van der Waals surface area (Å²) in [7, 11) is -3.18. The highest BCUT2D eigenvalue weighted by atomic mass is 32.2. The highest BCUT2D eigenvalue weighted by molar-refractivity contribution is 7.90. The lowest BCUT2D eigenvalue weighted by Gasteiger charge is -2.17. The average Bonchev–Trinajstić information content (AvgIpc) is 2.76.